The van der Waals surface area contributed by atoms with Gasteiger partial charge in [0.1, 0.15) is 6.04 Å². The summed E-state index contributed by atoms with van der Waals surface area (Å²) in [4.78, 5) is 47.1. The van der Waals surface area contributed by atoms with Crippen LogP contribution in [0.3, 0.4) is 0 Å². The summed E-state index contributed by atoms with van der Waals surface area (Å²) in [6, 6.07) is 5.67. The molecule has 11 heteroatoms. The van der Waals surface area contributed by atoms with Crippen LogP contribution in [0.2, 0.25) is 0 Å². The number of carbonyl (C=O) groups is 1. The number of hydrogen-bond donors (Lipinski definition) is 5. The molecule has 1 rings (SSSR count). The van der Waals surface area contributed by atoms with Gasteiger partial charge in [-0.3, -0.25) is 4.79 Å². The lowest BCUT2D eigenvalue weighted by Crippen LogP contribution is -2.38. The molecule has 20 heavy (non-hydrogen) atoms. The molecular weight excluding hydrogens is 312 g/mol. The highest BCUT2D eigenvalue weighted by molar-refractivity contribution is 7.65. The third-order valence-corrected chi connectivity index (χ3v) is 5.39. The summed E-state index contributed by atoms with van der Waals surface area (Å²) in [6.45, 7) is 0. The number of hydrogen-bond acceptors (Lipinski definition) is 3. The second-order valence-electron chi connectivity index (χ2n) is 3.89. The molecule has 0 fully saturated rings. The fourth-order valence-corrected chi connectivity index (χ4v) is 3.92. The Balaban J connectivity index is 3.20. The lowest BCUT2D eigenvalue weighted by molar-refractivity contribution is -0.141. The Labute approximate surface area is 113 Å². The highest BCUT2D eigenvalue weighted by Crippen LogP contribution is 2.59. The van der Waals surface area contributed by atoms with Crippen LogP contribution in [0.1, 0.15) is 5.56 Å². The first-order valence-electron chi connectivity index (χ1n) is 5.21. The molecule has 5 N–H and O–H groups in total. The van der Waals surface area contributed by atoms with E-state index >= 15 is 0 Å². The third kappa shape index (κ3) is 4.50. The van der Waals surface area contributed by atoms with Gasteiger partial charge >= 0.3 is 21.5 Å². The predicted octanol–water partition coefficient (Wildman–Crippen LogP) is 0.170. The van der Waals surface area contributed by atoms with Crippen LogP contribution in [0, 0.1) is 0 Å². The van der Waals surface area contributed by atoms with Crippen molar-refractivity contribution in [1.82, 2.24) is 4.44 Å². The van der Waals surface area contributed by atoms with Crippen LogP contribution in [-0.4, -0.2) is 41.1 Å². The molecular formula is C9H13NO8P2. The summed E-state index contributed by atoms with van der Waals surface area (Å²) in [7, 11) is -10.9. The minimum atomic E-state index is -5.45. The van der Waals surface area contributed by atoms with Crippen molar-refractivity contribution in [1.29, 1.82) is 0 Å². The van der Waals surface area contributed by atoms with Crippen LogP contribution < -0.4 is 0 Å². The Hall–Kier alpha value is -1.05. The fraction of sp³-hybridized carbons (Fsp3) is 0.222. The van der Waals surface area contributed by atoms with Crippen LogP contribution >= 0.6 is 15.5 Å². The van der Waals surface area contributed by atoms with Gasteiger partial charge in [0, 0.05) is 0 Å². The first-order valence-corrected chi connectivity index (χ1v) is 8.34. The number of nitrogens with zero attached hydrogens (tertiary/aromatic N) is 1. The van der Waals surface area contributed by atoms with E-state index in [0.29, 0.717) is 5.56 Å². The molecule has 0 aliphatic carbocycles. The lowest BCUT2D eigenvalue weighted by atomic mass is 10.1. The van der Waals surface area contributed by atoms with Crippen molar-refractivity contribution in [3.05, 3.63) is 35.9 Å². The molecule has 112 valence electrons. The zero-order valence-electron chi connectivity index (χ0n) is 9.97. The van der Waals surface area contributed by atoms with Gasteiger partial charge in [-0.1, -0.05) is 34.8 Å². The lowest BCUT2D eigenvalue weighted by Gasteiger charge is -2.28. The molecule has 0 saturated heterocycles. The van der Waals surface area contributed by atoms with E-state index in [-0.39, 0.29) is 0 Å². The fourth-order valence-electron chi connectivity index (χ4n) is 1.62. The number of carboxylic acid groups (broad SMARTS) is 1. The normalized spacial score (nSPS) is 14.2. The molecule has 0 aliphatic heterocycles. The molecule has 0 spiro atoms. The summed E-state index contributed by atoms with van der Waals surface area (Å²) < 4.78 is 21.8. The summed E-state index contributed by atoms with van der Waals surface area (Å²) in [5, 5.41) is 9.00. The highest BCUT2D eigenvalue weighted by atomic mass is 31.3. The number of aliphatic carboxylic acids is 1. The molecule has 9 nitrogen and oxygen atoms in total. The van der Waals surface area contributed by atoms with Gasteiger partial charge in [-0.25, -0.2) is 9.13 Å². The van der Waals surface area contributed by atoms with E-state index in [1.807, 2.05) is 0 Å². The summed E-state index contributed by atoms with van der Waals surface area (Å²) >= 11 is 0. The summed E-state index contributed by atoms with van der Waals surface area (Å²) in [5.74, 6) is -1.75. The number of carboxylic acids is 1. The van der Waals surface area contributed by atoms with Crippen molar-refractivity contribution in [3.8, 4) is 0 Å². The quantitative estimate of drug-likeness (QED) is 0.460. The second-order valence-corrected chi connectivity index (χ2v) is 7.12. The van der Waals surface area contributed by atoms with Crippen molar-refractivity contribution in [2.24, 2.45) is 0 Å². The van der Waals surface area contributed by atoms with Crippen LogP contribution in [0.5, 0.6) is 0 Å². The minimum absolute atomic E-state index is 0.367. The number of rotatable bonds is 6. The van der Waals surface area contributed by atoms with Gasteiger partial charge in [0.05, 0.1) is 0 Å². The first-order chi connectivity index (χ1) is 9.03. The van der Waals surface area contributed by atoms with Gasteiger partial charge in [-0.15, -0.1) is 0 Å². The van der Waals surface area contributed by atoms with E-state index in [4.69, 9.17) is 24.7 Å². The maximum absolute atomic E-state index is 11.2. The molecule has 0 bridgehead atoms. The Morgan fingerprint density at radius 3 is 1.85 bits per heavy atom. The molecule has 0 unspecified atom stereocenters. The van der Waals surface area contributed by atoms with Gasteiger partial charge < -0.3 is 24.7 Å². The van der Waals surface area contributed by atoms with Crippen molar-refractivity contribution in [2.75, 3.05) is 0 Å². The van der Waals surface area contributed by atoms with Crippen molar-refractivity contribution in [3.63, 3.8) is 0 Å². The molecule has 0 radical (unpaired) electrons. The largest absolute Gasteiger partial charge is 0.480 e. The topological polar surface area (TPSA) is 156 Å². The molecule has 0 saturated carbocycles. The summed E-state index contributed by atoms with van der Waals surface area (Å²) in [5.41, 5.74) is 0.367. The molecule has 0 amide bonds. The van der Waals surface area contributed by atoms with E-state index < -0.39 is 38.4 Å². The van der Waals surface area contributed by atoms with E-state index in [9.17, 15) is 13.9 Å². The summed E-state index contributed by atoms with van der Waals surface area (Å²) in [6.07, 6.45) is -0.466. The maximum atomic E-state index is 11.2. The zero-order chi connectivity index (χ0) is 15.6. The maximum Gasteiger partial charge on any atom is 0.413 e. The molecule has 1 aromatic rings. The van der Waals surface area contributed by atoms with E-state index in [2.05, 4.69) is 0 Å². The van der Waals surface area contributed by atoms with Crippen LogP contribution in [-0.2, 0) is 20.3 Å². The second kappa shape index (κ2) is 6.15. The Morgan fingerprint density at radius 1 is 1.05 bits per heavy atom. The molecule has 1 aromatic carbocycles. The van der Waals surface area contributed by atoms with Crippen LogP contribution in [0.15, 0.2) is 30.3 Å². The average Bonchev–Trinajstić information content (AvgIpc) is 2.25. The van der Waals surface area contributed by atoms with E-state index in [1.165, 1.54) is 12.1 Å². The Kier molecular flexibility index (Phi) is 5.23. The SMILES string of the molecule is O=C(O)[C@H](Cc1ccccc1)N(P(=O)(O)O)P(=O)(O)O. The predicted molar refractivity (Wildman–Crippen MR) is 67.5 cm³/mol. The van der Waals surface area contributed by atoms with Crippen LogP contribution in [0.4, 0.5) is 0 Å². The average molecular weight is 325 g/mol. The van der Waals surface area contributed by atoms with Gasteiger partial charge in [0.2, 0.25) is 0 Å². The third-order valence-electron chi connectivity index (χ3n) is 2.37. The van der Waals surface area contributed by atoms with E-state index in [0.717, 1.165) is 0 Å². The minimum Gasteiger partial charge on any atom is -0.480 e. The van der Waals surface area contributed by atoms with Crippen LogP contribution in [0.25, 0.3) is 0 Å². The zero-order valence-corrected chi connectivity index (χ0v) is 11.8. The van der Waals surface area contributed by atoms with Crippen molar-refractivity contribution >= 4 is 21.5 Å². The van der Waals surface area contributed by atoms with Gasteiger partial charge in [0.15, 0.2) is 0 Å². The number of benzene rings is 1. The molecule has 1 atom stereocenters. The first kappa shape index (κ1) is 17.0. The van der Waals surface area contributed by atoms with Gasteiger partial charge in [-0.2, -0.15) is 0 Å². The molecule has 0 heterocycles. The Bertz CT molecular complexity index is 543. The molecule has 0 aliphatic rings. The van der Waals surface area contributed by atoms with Gasteiger partial charge in [0.25, 0.3) is 0 Å². The monoisotopic (exact) mass is 325 g/mol. The van der Waals surface area contributed by atoms with Gasteiger partial charge in [-0.05, 0) is 12.0 Å². The molecule has 0 aromatic heterocycles. The van der Waals surface area contributed by atoms with Crippen molar-refractivity contribution < 1.29 is 38.6 Å². The van der Waals surface area contributed by atoms with Crippen molar-refractivity contribution in [2.45, 2.75) is 12.5 Å². The smallest absolute Gasteiger partial charge is 0.413 e. The highest BCUT2D eigenvalue weighted by Gasteiger charge is 2.48. The standard InChI is InChI=1S/C9H13NO8P2/c11-9(12)8(6-7-4-2-1-3-5-7)10(19(13,14)15)20(16,17)18/h1-5,8H,6H2,(H,11,12)(H2,13,14,15)(H2,16,17,18)/t8-/m0/s1. The Morgan fingerprint density at radius 2 is 1.50 bits per heavy atom. The van der Waals surface area contributed by atoms with E-state index in [1.54, 1.807) is 18.2 Å².